The van der Waals surface area contributed by atoms with Gasteiger partial charge in [-0.15, -0.1) is 0 Å². The molecule has 3 atom stereocenters. The van der Waals surface area contributed by atoms with Crippen LogP contribution in [0.1, 0.15) is 40.0 Å². The van der Waals surface area contributed by atoms with Crippen LogP contribution in [0.15, 0.2) is 0 Å². The van der Waals surface area contributed by atoms with E-state index >= 15 is 0 Å². The Morgan fingerprint density at radius 2 is 2.00 bits per heavy atom. The molecular weight excluding hydrogens is 152 g/mol. The minimum Gasteiger partial charge on any atom is -0.392 e. The van der Waals surface area contributed by atoms with Crippen molar-refractivity contribution in [3.05, 3.63) is 0 Å². The molecule has 0 saturated carbocycles. The molecule has 72 valence electrons. The van der Waals surface area contributed by atoms with Gasteiger partial charge in [0, 0.05) is 6.42 Å². The zero-order valence-corrected chi connectivity index (χ0v) is 8.29. The molecule has 0 amide bonds. The Kier molecular flexibility index (Phi) is 5.99. The normalized spacial score (nSPS) is 18.3. The average Bonchev–Trinajstić information content (AvgIpc) is 2.04. The van der Waals surface area contributed by atoms with Crippen molar-refractivity contribution in [2.24, 2.45) is 11.8 Å². The molecule has 12 heavy (non-hydrogen) atoms. The standard InChI is InChI=1S/C10H20O2/c1-4-5-8(2)9(3)10(12)6-7-11/h7-10,12H,4-6H2,1-3H3. The second kappa shape index (κ2) is 6.18. The zero-order chi connectivity index (χ0) is 9.56. The van der Waals surface area contributed by atoms with Crippen molar-refractivity contribution < 1.29 is 9.90 Å². The molecule has 0 heterocycles. The van der Waals surface area contributed by atoms with Crippen LogP contribution in [0.25, 0.3) is 0 Å². The van der Waals surface area contributed by atoms with E-state index in [1.54, 1.807) is 0 Å². The van der Waals surface area contributed by atoms with Crippen LogP contribution in [0, 0.1) is 11.8 Å². The van der Waals surface area contributed by atoms with Gasteiger partial charge in [-0.3, -0.25) is 0 Å². The number of carbonyl (C=O) groups is 1. The highest BCUT2D eigenvalue weighted by Gasteiger charge is 2.19. The predicted molar refractivity (Wildman–Crippen MR) is 49.9 cm³/mol. The molecule has 0 radical (unpaired) electrons. The Bertz CT molecular complexity index is 123. The first-order valence-corrected chi connectivity index (χ1v) is 4.75. The SMILES string of the molecule is CCCC(C)C(C)C(O)CC=O. The van der Waals surface area contributed by atoms with Crippen molar-refractivity contribution in [3.63, 3.8) is 0 Å². The Morgan fingerprint density at radius 1 is 1.42 bits per heavy atom. The molecule has 1 N–H and O–H groups in total. The van der Waals surface area contributed by atoms with Gasteiger partial charge in [0.25, 0.3) is 0 Å². The van der Waals surface area contributed by atoms with Gasteiger partial charge in [-0.25, -0.2) is 0 Å². The van der Waals surface area contributed by atoms with Gasteiger partial charge in [0.1, 0.15) is 6.29 Å². The first-order chi connectivity index (χ1) is 5.63. The summed E-state index contributed by atoms with van der Waals surface area (Å²) < 4.78 is 0. The molecule has 0 aliphatic heterocycles. The van der Waals surface area contributed by atoms with E-state index in [-0.39, 0.29) is 12.3 Å². The fourth-order valence-electron chi connectivity index (χ4n) is 1.41. The lowest BCUT2D eigenvalue weighted by molar-refractivity contribution is -0.110. The summed E-state index contributed by atoms with van der Waals surface area (Å²) in [5.74, 6) is 0.736. The lowest BCUT2D eigenvalue weighted by Gasteiger charge is -2.23. The topological polar surface area (TPSA) is 37.3 Å². The number of hydrogen-bond donors (Lipinski definition) is 1. The molecule has 0 aromatic heterocycles. The molecule has 0 rings (SSSR count). The fraction of sp³-hybridized carbons (Fsp3) is 0.900. The molecule has 2 nitrogen and oxygen atoms in total. The maximum absolute atomic E-state index is 10.1. The molecule has 0 fully saturated rings. The molecule has 0 saturated heterocycles. The number of aliphatic hydroxyl groups is 1. The minimum atomic E-state index is -0.455. The van der Waals surface area contributed by atoms with Gasteiger partial charge in [-0.05, 0) is 11.8 Å². The van der Waals surface area contributed by atoms with Crippen molar-refractivity contribution in [3.8, 4) is 0 Å². The number of aliphatic hydroxyl groups excluding tert-OH is 1. The van der Waals surface area contributed by atoms with Gasteiger partial charge in [-0.2, -0.15) is 0 Å². The molecule has 0 aromatic rings. The number of carbonyl (C=O) groups excluding carboxylic acids is 1. The van der Waals surface area contributed by atoms with Crippen molar-refractivity contribution in [2.75, 3.05) is 0 Å². The van der Waals surface area contributed by atoms with Crippen LogP contribution in [-0.2, 0) is 4.79 Å². The molecule has 0 aliphatic rings. The summed E-state index contributed by atoms with van der Waals surface area (Å²) >= 11 is 0. The van der Waals surface area contributed by atoms with Crippen LogP contribution in [0.4, 0.5) is 0 Å². The summed E-state index contributed by atoms with van der Waals surface area (Å²) in [7, 11) is 0. The Morgan fingerprint density at radius 3 is 2.42 bits per heavy atom. The van der Waals surface area contributed by atoms with Gasteiger partial charge < -0.3 is 9.90 Å². The average molecular weight is 172 g/mol. The van der Waals surface area contributed by atoms with Crippen LogP contribution in [0.2, 0.25) is 0 Å². The molecule has 2 heteroatoms. The third-order valence-electron chi connectivity index (χ3n) is 2.59. The molecule has 3 unspecified atom stereocenters. The summed E-state index contributed by atoms with van der Waals surface area (Å²) in [6.07, 6.45) is 2.87. The second-order valence-corrected chi connectivity index (χ2v) is 3.59. The lowest BCUT2D eigenvalue weighted by atomic mass is 9.86. The lowest BCUT2D eigenvalue weighted by Crippen LogP contribution is -2.24. The van der Waals surface area contributed by atoms with Gasteiger partial charge in [-0.1, -0.05) is 33.6 Å². The van der Waals surface area contributed by atoms with E-state index < -0.39 is 6.10 Å². The number of hydrogen-bond acceptors (Lipinski definition) is 2. The van der Waals surface area contributed by atoms with Crippen LogP contribution in [-0.4, -0.2) is 17.5 Å². The maximum atomic E-state index is 10.1. The minimum absolute atomic E-state index is 0.232. The fourth-order valence-corrected chi connectivity index (χ4v) is 1.41. The van der Waals surface area contributed by atoms with Crippen LogP contribution in [0.3, 0.4) is 0 Å². The van der Waals surface area contributed by atoms with Gasteiger partial charge in [0.05, 0.1) is 6.10 Å². The summed E-state index contributed by atoms with van der Waals surface area (Å²) in [5, 5.41) is 9.48. The van der Waals surface area contributed by atoms with Crippen LogP contribution < -0.4 is 0 Å². The first-order valence-electron chi connectivity index (χ1n) is 4.75. The van der Waals surface area contributed by atoms with Crippen LogP contribution in [0.5, 0.6) is 0 Å². The first kappa shape index (κ1) is 11.6. The Balaban J connectivity index is 3.80. The van der Waals surface area contributed by atoms with Gasteiger partial charge in [0.2, 0.25) is 0 Å². The second-order valence-electron chi connectivity index (χ2n) is 3.59. The molecule has 0 aromatic carbocycles. The van der Waals surface area contributed by atoms with E-state index in [1.807, 2.05) is 6.92 Å². The van der Waals surface area contributed by atoms with Crippen molar-refractivity contribution in [2.45, 2.75) is 46.1 Å². The summed E-state index contributed by atoms with van der Waals surface area (Å²) in [4.78, 5) is 10.1. The summed E-state index contributed by atoms with van der Waals surface area (Å²) in [6, 6.07) is 0. The van der Waals surface area contributed by atoms with Crippen molar-refractivity contribution in [1.29, 1.82) is 0 Å². The van der Waals surface area contributed by atoms with E-state index in [1.165, 1.54) is 0 Å². The Hall–Kier alpha value is -0.370. The number of rotatable bonds is 6. The van der Waals surface area contributed by atoms with Crippen molar-refractivity contribution >= 4 is 6.29 Å². The van der Waals surface area contributed by atoms with Gasteiger partial charge >= 0.3 is 0 Å². The van der Waals surface area contributed by atoms with Gasteiger partial charge in [0.15, 0.2) is 0 Å². The summed E-state index contributed by atoms with van der Waals surface area (Å²) in [6.45, 7) is 6.27. The smallest absolute Gasteiger partial charge is 0.122 e. The predicted octanol–water partition coefficient (Wildman–Crippen LogP) is 2.01. The molecule has 0 spiro atoms. The maximum Gasteiger partial charge on any atom is 0.122 e. The monoisotopic (exact) mass is 172 g/mol. The highest BCUT2D eigenvalue weighted by Crippen LogP contribution is 2.21. The quantitative estimate of drug-likeness (QED) is 0.622. The highest BCUT2D eigenvalue weighted by atomic mass is 16.3. The van der Waals surface area contributed by atoms with E-state index in [0.29, 0.717) is 5.92 Å². The number of aldehydes is 1. The zero-order valence-electron chi connectivity index (χ0n) is 8.29. The van der Waals surface area contributed by atoms with Crippen molar-refractivity contribution in [1.82, 2.24) is 0 Å². The highest BCUT2D eigenvalue weighted by molar-refractivity contribution is 5.50. The van der Waals surface area contributed by atoms with E-state index in [2.05, 4.69) is 13.8 Å². The van der Waals surface area contributed by atoms with E-state index in [9.17, 15) is 9.90 Å². The van der Waals surface area contributed by atoms with E-state index in [4.69, 9.17) is 0 Å². The molecular formula is C10H20O2. The third-order valence-corrected chi connectivity index (χ3v) is 2.59. The Labute approximate surface area is 75.0 Å². The summed E-state index contributed by atoms with van der Waals surface area (Å²) in [5.41, 5.74) is 0. The largest absolute Gasteiger partial charge is 0.392 e. The molecule has 0 aliphatic carbocycles. The third kappa shape index (κ3) is 3.86. The van der Waals surface area contributed by atoms with Crippen LogP contribution >= 0.6 is 0 Å². The molecule has 0 bridgehead atoms. The van der Waals surface area contributed by atoms with E-state index in [0.717, 1.165) is 19.1 Å².